The number of nitro benzene ring substituents is 1. The summed E-state index contributed by atoms with van der Waals surface area (Å²) in [5.41, 5.74) is 3.50. The molecule has 0 fully saturated rings. The Labute approximate surface area is 159 Å². The average Bonchev–Trinajstić information content (AvgIpc) is 3.09. The van der Waals surface area contributed by atoms with Crippen LogP contribution in [0.4, 0.5) is 10.8 Å². The molecule has 3 aromatic rings. The quantitative estimate of drug-likeness (QED) is 0.504. The number of aromatic nitrogens is 1. The van der Waals surface area contributed by atoms with Crippen molar-refractivity contribution in [1.82, 2.24) is 4.98 Å². The van der Waals surface area contributed by atoms with E-state index in [1.54, 1.807) is 17.5 Å². The number of aryl methyl sites for hydroxylation is 2. The third-order valence-corrected chi connectivity index (χ3v) is 4.57. The van der Waals surface area contributed by atoms with E-state index in [9.17, 15) is 14.9 Å². The van der Waals surface area contributed by atoms with Gasteiger partial charge in [0, 0.05) is 23.1 Å². The molecule has 2 aromatic carbocycles. The number of nitro groups is 1. The highest BCUT2D eigenvalue weighted by Gasteiger charge is 2.11. The standard InChI is InChI=1S/C19H17N3O4S/c1-12-3-8-17(13(2)9-12)26-10-18(23)21-19-20-16(11-27-19)14-4-6-15(7-5-14)22(24)25/h3-9,11H,10H2,1-2H3,(H,20,21,23). The van der Waals surface area contributed by atoms with E-state index >= 15 is 0 Å². The molecule has 1 amide bonds. The summed E-state index contributed by atoms with van der Waals surface area (Å²) < 4.78 is 5.55. The fraction of sp³-hybridized carbons (Fsp3) is 0.158. The highest BCUT2D eigenvalue weighted by molar-refractivity contribution is 7.14. The maximum absolute atomic E-state index is 12.1. The molecule has 0 aliphatic heterocycles. The SMILES string of the molecule is Cc1ccc(OCC(=O)Nc2nc(-c3ccc([N+](=O)[O-])cc3)cs2)c(C)c1. The van der Waals surface area contributed by atoms with E-state index < -0.39 is 4.92 Å². The van der Waals surface area contributed by atoms with Gasteiger partial charge in [-0.2, -0.15) is 0 Å². The minimum absolute atomic E-state index is 0.0195. The van der Waals surface area contributed by atoms with Crippen LogP contribution in [-0.4, -0.2) is 22.4 Å². The van der Waals surface area contributed by atoms with E-state index in [-0.39, 0.29) is 18.2 Å². The minimum Gasteiger partial charge on any atom is -0.483 e. The molecule has 1 aromatic heterocycles. The number of anilines is 1. The van der Waals surface area contributed by atoms with Crippen LogP contribution in [0.25, 0.3) is 11.3 Å². The van der Waals surface area contributed by atoms with Gasteiger partial charge in [-0.3, -0.25) is 20.2 Å². The van der Waals surface area contributed by atoms with Crippen LogP contribution in [0.15, 0.2) is 47.8 Å². The molecule has 7 nitrogen and oxygen atoms in total. The molecule has 0 aliphatic rings. The van der Waals surface area contributed by atoms with Gasteiger partial charge in [-0.05, 0) is 37.6 Å². The number of carbonyl (C=O) groups is 1. The second-order valence-corrected chi connectivity index (χ2v) is 6.81. The molecule has 0 radical (unpaired) electrons. The zero-order valence-corrected chi connectivity index (χ0v) is 15.6. The molecule has 3 rings (SSSR count). The predicted molar refractivity (Wildman–Crippen MR) is 104 cm³/mol. The average molecular weight is 383 g/mol. The maximum Gasteiger partial charge on any atom is 0.269 e. The Bertz CT molecular complexity index is 983. The van der Waals surface area contributed by atoms with Crippen LogP contribution in [0.3, 0.4) is 0 Å². The molecule has 0 atom stereocenters. The van der Waals surface area contributed by atoms with Crippen molar-refractivity contribution in [3.05, 3.63) is 69.1 Å². The van der Waals surface area contributed by atoms with Gasteiger partial charge in [0.2, 0.25) is 0 Å². The lowest BCUT2D eigenvalue weighted by molar-refractivity contribution is -0.384. The Morgan fingerprint density at radius 3 is 2.63 bits per heavy atom. The topological polar surface area (TPSA) is 94.4 Å². The number of nitrogens with one attached hydrogen (secondary N) is 1. The molecule has 1 N–H and O–H groups in total. The summed E-state index contributed by atoms with van der Waals surface area (Å²) in [6, 6.07) is 11.9. The minimum atomic E-state index is -0.452. The van der Waals surface area contributed by atoms with Gasteiger partial charge in [0.05, 0.1) is 10.6 Å². The van der Waals surface area contributed by atoms with Crippen LogP contribution in [0.1, 0.15) is 11.1 Å². The Morgan fingerprint density at radius 1 is 1.22 bits per heavy atom. The first-order valence-corrected chi connectivity index (χ1v) is 9.00. The fourth-order valence-electron chi connectivity index (χ4n) is 2.48. The van der Waals surface area contributed by atoms with Gasteiger partial charge in [-0.1, -0.05) is 17.7 Å². The summed E-state index contributed by atoms with van der Waals surface area (Å²) in [7, 11) is 0. The van der Waals surface area contributed by atoms with E-state index in [2.05, 4.69) is 10.3 Å². The number of rotatable bonds is 6. The molecule has 27 heavy (non-hydrogen) atoms. The third-order valence-electron chi connectivity index (χ3n) is 3.81. The zero-order valence-electron chi connectivity index (χ0n) is 14.8. The van der Waals surface area contributed by atoms with Crippen molar-refractivity contribution in [1.29, 1.82) is 0 Å². The summed E-state index contributed by atoms with van der Waals surface area (Å²) in [4.78, 5) is 26.7. The monoisotopic (exact) mass is 383 g/mol. The first-order valence-electron chi connectivity index (χ1n) is 8.12. The normalized spacial score (nSPS) is 10.4. The molecule has 0 saturated carbocycles. The van der Waals surface area contributed by atoms with E-state index in [4.69, 9.17) is 4.74 Å². The van der Waals surface area contributed by atoms with Crippen LogP contribution in [0, 0.1) is 24.0 Å². The summed E-state index contributed by atoms with van der Waals surface area (Å²) in [6.07, 6.45) is 0. The second kappa shape index (κ2) is 7.96. The lowest BCUT2D eigenvalue weighted by Crippen LogP contribution is -2.20. The van der Waals surface area contributed by atoms with Crippen molar-refractivity contribution >= 4 is 28.1 Å². The van der Waals surface area contributed by atoms with Crippen LogP contribution in [0.2, 0.25) is 0 Å². The van der Waals surface area contributed by atoms with Crippen LogP contribution in [0.5, 0.6) is 5.75 Å². The number of nitrogens with zero attached hydrogens (tertiary/aromatic N) is 2. The van der Waals surface area contributed by atoms with Gasteiger partial charge in [0.25, 0.3) is 11.6 Å². The predicted octanol–water partition coefficient (Wildman–Crippen LogP) is 4.35. The smallest absolute Gasteiger partial charge is 0.269 e. The number of amides is 1. The van der Waals surface area contributed by atoms with Crippen molar-refractivity contribution in [2.45, 2.75) is 13.8 Å². The van der Waals surface area contributed by atoms with Gasteiger partial charge in [0.1, 0.15) is 5.75 Å². The number of hydrogen-bond donors (Lipinski definition) is 1. The largest absolute Gasteiger partial charge is 0.483 e. The number of hydrogen-bond acceptors (Lipinski definition) is 6. The number of non-ortho nitro benzene ring substituents is 1. The van der Waals surface area contributed by atoms with E-state index in [0.29, 0.717) is 16.6 Å². The van der Waals surface area contributed by atoms with Gasteiger partial charge >= 0.3 is 0 Å². The maximum atomic E-state index is 12.1. The van der Waals surface area contributed by atoms with E-state index in [1.165, 1.54) is 23.5 Å². The summed E-state index contributed by atoms with van der Waals surface area (Å²) >= 11 is 1.28. The van der Waals surface area contributed by atoms with Crippen molar-refractivity contribution in [3.8, 4) is 17.0 Å². The Kier molecular flexibility index (Phi) is 5.46. The van der Waals surface area contributed by atoms with E-state index in [0.717, 1.165) is 16.7 Å². The number of thiazole rings is 1. The van der Waals surface area contributed by atoms with Crippen LogP contribution < -0.4 is 10.1 Å². The highest BCUT2D eigenvalue weighted by Crippen LogP contribution is 2.26. The molecular weight excluding hydrogens is 366 g/mol. The molecule has 0 aliphatic carbocycles. The Morgan fingerprint density at radius 2 is 1.96 bits per heavy atom. The van der Waals surface area contributed by atoms with Gasteiger partial charge in [-0.25, -0.2) is 4.98 Å². The van der Waals surface area contributed by atoms with Crippen molar-refractivity contribution in [3.63, 3.8) is 0 Å². The van der Waals surface area contributed by atoms with Gasteiger partial charge < -0.3 is 4.74 Å². The Hall–Kier alpha value is -3.26. The third kappa shape index (κ3) is 4.68. The van der Waals surface area contributed by atoms with Crippen molar-refractivity contribution in [2.75, 3.05) is 11.9 Å². The first kappa shape index (κ1) is 18.5. The summed E-state index contributed by atoms with van der Waals surface area (Å²) in [6.45, 7) is 3.81. The fourth-order valence-corrected chi connectivity index (χ4v) is 3.21. The number of carbonyl (C=O) groups excluding carboxylic acids is 1. The number of benzene rings is 2. The molecule has 138 valence electrons. The van der Waals surface area contributed by atoms with Crippen molar-refractivity contribution in [2.24, 2.45) is 0 Å². The van der Waals surface area contributed by atoms with E-state index in [1.807, 2.05) is 32.0 Å². The first-order chi connectivity index (χ1) is 12.9. The highest BCUT2D eigenvalue weighted by atomic mass is 32.1. The van der Waals surface area contributed by atoms with Crippen LogP contribution >= 0.6 is 11.3 Å². The Balaban J connectivity index is 1.59. The molecule has 8 heteroatoms. The molecule has 0 saturated heterocycles. The molecule has 0 spiro atoms. The van der Waals surface area contributed by atoms with Crippen molar-refractivity contribution < 1.29 is 14.5 Å². The van der Waals surface area contributed by atoms with Crippen LogP contribution in [-0.2, 0) is 4.79 Å². The summed E-state index contributed by atoms with van der Waals surface area (Å²) in [5, 5.41) is 15.6. The molecule has 0 unspecified atom stereocenters. The lowest BCUT2D eigenvalue weighted by Gasteiger charge is -2.09. The van der Waals surface area contributed by atoms with Gasteiger partial charge in [0.15, 0.2) is 11.7 Å². The lowest BCUT2D eigenvalue weighted by atomic mass is 10.1. The van der Waals surface area contributed by atoms with Gasteiger partial charge in [-0.15, -0.1) is 11.3 Å². The zero-order chi connectivity index (χ0) is 19.4. The molecule has 0 bridgehead atoms. The second-order valence-electron chi connectivity index (χ2n) is 5.95. The molecule has 1 heterocycles. The molecular formula is C19H17N3O4S. The number of ether oxygens (including phenoxy) is 1. The summed E-state index contributed by atoms with van der Waals surface area (Å²) in [5.74, 6) is 0.362.